The summed E-state index contributed by atoms with van der Waals surface area (Å²) in [5, 5.41) is 10.8. The Labute approximate surface area is 82.6 Å². The smallest absolute Gasteiger partial charge is 0.0692 e. The molecule has 1 N–H and O–H groups in total. The van der Waals surface area contributed by atoms with Crippen LogP contribution in [0.15, 0.2) is 23.5 Å². The van der Waals surface area contributed by atoms with Crippen molar-refractivity contribution in [2.45, 2.75) is 13.5 Å². The molecule has 4 nitrogen and oxygen atoms in total. The van der Waals surface area contributed by atoms with E-state index in [0.717, 1.165) is 25.2 Å². The highest BCUT2D eigenvalue weighted by Crippen LogP contribution is 1.91. The normalized spacial score (nSPS) is 12.0. The second kappa shape index (κ2) is 5.72. The molecular formula is C8H13ClN4. The number of halogens is 1. The van der Waals surface area contributed by atoms with Gasteiger partial charge in [0.25, 0.3) is 0 Å². The fourth-order valence-electron chi connectivity index (χ4n) is 0.870. The van der Waals surface area contributed by atoms with Crippen molar-refractivity contribution >= 4 is 11.6 Å². The fourth-order valence-corrected chi connectivity index (χ4v) is 0.947. The second-order valence-corrected chi connectivity index (χ2v) is 3.02. The summed E-state index contributed by atoms with van der Waals surface area (Å²) in [5.41, 5.74) is 2.71. The first-order chi connectivity index (χ1) is 6.33. The Morgan fingerprint density at radius 1 is 1.69 bits per heavy atom. The summed E-state index contributed by atoms with van der Waals surface area (Å²) in [4.78, 5) is 0. The van der Waals surface area contributed by atoms with Crippen LogP contribution in [0.1, 0.15) is 6.92 Å². The van der Waals surface area contributed by atoms with Crippen LogP contribution in [0.5, 0.6) is 0 Å². The molecule has 72 valence electrons. The van der Waals surface area contributed by atoms with Crippen molar-refractivity contribution in [2.24, 2.45) is 0 Å². The summed E-state index contributed by atoms with van der Waals surface area (Å²) in [5.74, 6) is 0. The average Bonchev–Trinajstić information content (AvgIpc) is 2.64. The van der Waals surface area contributed by atoms with E-state index in [1.165, 1.54) is 0 Å². The number of hydrogen-bond acceptors (Lipinski definition) is 3. The lowest BCUT2D eigenvalue weighted by Crippen LogP contribution is -2.21. The average molecular weight is 201 g/mol. The van der Waals surface area contributed by atoms with Crippen molar-refractivity contribution in [1.29, 1.82) is 0 Å². The Morgan fingerprint density at radius 2 is 2.54 bits per heavy atom. The summed E-state index contributed by atoms with van der Waals surface area (Å²) < 4.78 is 1.78. The monoisotopic (exact) mass is 200 g/mol. The second-order valence-electron chi connectivity index (χ2n) is 2.80. The lowest BCUT2D eigenvalue weighted by Gasteiger charge is -2.03. The van der Waals surface area contributed by atoms with E-state index in [1.54, 1.807) is 16.4 Å². The molecule has 0 bridgehead atoms. The van der Waals surface area contributed by atoms with Crippen LogP contribution in [-0.4, -0.2) is 28.1 Å². The summed E-state index contributed by atoms with van der Waals surface area (Å²) >= 11 is 5.50. The van der Waals surface area contributed by atoms with Crippen LogP contribution in [0.25, 0.3) is 0 Å². The van der Waals surface area contributed by atoms with Gasteiger partial charge in [-0.2, -0.15) is 0 Å². The van der Waals surface area contributed by atoms with Gasteiger partial charge in [0, 0.05) is 24.8 Å². The maximum atomic E-state index is 5.50. The van der Waals surface area contributed by atoms with Crippen molar-refractivity contribution in [1.82, 2.24) is 20.3 Å². The SMILES string of the molecule is C/C(=C/Cl)CNCCn1ccnn1. The zero-order chi connectivity index (χ0) is 9.52. The van der Waals surface area contributed by atoms with Gasteiger partial charge in [0.1, 0.15) is 0 Å². The van der Waals surface area contributed by atoms with E-state index in [0.29, 0.717) is 0 Å². The molecular weight excluding hydrogens is 188 g/mol. The Balaban J connectivity index is 2.08. The highest BCUT2D eigenvalue weighted by molar-refractivity contribution is 6.25. The van der Waals surface area contributed by atoms with E-state index in [-0.39, 0.29) is 0 Å². The van der Waals surface area contributed by atoms with Gasteiger partial charge in [0.15, 0.2) is 0 Å². The van der Waals surface area contributed by atoms with Crippen LogP contribution in [-0.2, 0) is 6.54 Å². The molecule has 0 fully saturated rings. The molecule has 0 aromatic carbocycles. The van der Waals surface area contributed by atoms with Gasteiger partial charge in [-0.25, -0.2) is 0 Å². The summed E-state index contributed by atoms with van der Waals surface area (Å²) in [7, 11) is 0. The van der Waals surface area contributed by atoms with E-state index < -0.39 is 0 Å². The summed E-state index contributed by atoms with van der Waals surface area (Å²) in [6.45, 7) is 4.49. The van der Waals surface area contributed by atoms with Gasteiger partial charge in [0.2, 0.25) is 0 Å². The highest BCUT2D eigenvalue weighted by atomic mass is 35.5. The van der Waals surface area contributed by atoms with Crippen LogP contribution >= 0.6 is 11.6 Å². The van der Waals surface area contributed by atoms with E-state index in [4.69, 9.17) is 11.6 Å². The third-order valence-electron chi connectivity index (χ3n) is 1.58. The maximum Gasteiger partial charge on any atom is 0.0692 e. The van der Waals surface area contributed by atoms with E-state index in [1.807, 2.05) is 13.1 Å². The number of nitrogens with one attached hydrogen (secondary N) is 1. The first kappa shape index (κ1) is 10.2. The van der Waals surface area contributed by atoms with Crippen LogP contribution in [0.3, 0.4) is 0 Å². The topological polar surface area (TPSA) is 42.7 Å². The van der Waals surface area contributed by atoms with E-state index >= 15 is 0 Å². The molecule has 1 aromatic rings. The molecule has 0 aliphatic carbocycles. The first-order valence-corrected chi connectivity index (χ1v) is 4.57. The Bertz CT molecular complexity index is 255. The lowest BCUT2D eigenvalue weighted by molar-refractivity contribution is 0.552. The van der Waals surface area contributed by atoms with Crippen molar-refractivity contribution in [3.63, 3.8) is 0 Å². The predicted octanol–water partition coefficient (Wildman–Crippen LogP) is 1.01. The largest absolute Gasteiger partial charge is 0.311 e. The molecule has 0 aliphatic heterocycles. The van der Waals surface area contributed by atoms with Crippen LogP contribution < -0.4 is 5.32 Å². The predicted molar refractivity (Wildman–Crippen MR) is 52.5 cm³/mol. The number of nitrogens with zero attached hydrogens (tertiary/aromatic N) is 3. The quantitative estimate of drug-likeness (QED) is 0.722. The zero-order valence-electron chi connectivity index (χ0n) is 7.57. The first-order valence-electron chi connectivity index (χ1n) is 4.13. The van der Waals surface area contributed by atoms with Crippen molar-refractivity contribution in [3.8, 4) is 0 Å². The minimum absolute atomic E-state index is 0.818. The molecule has 0 unspecified atom stereocenters. The highest BCUT2D eigenvalue weighted by Gasteiger charge is 1.91. The summed E-state index contributed by atoms with van der Waals surface area (Å²) in [6.07, 6.45) is 3.51. The van der Waals surface area contributed by atoms with Gasteiger partial charge in [-0.05, 0) is 12.5 Å². The third kappa shape index (κ3) is 4.05. The van der Waals surface area contributed by atoms with Crippen molar-refractivity contribution in [3.05, 3.63) is 23.5 Å². The third-order valence-corrected chi connectivity index (χ3v) is 1.95. The van der Waals surface area contributed by atoms with Crippen molar-refractivity contribution in [2.75, 3.05) is 13.1 Å². The van der Waals surface area contributed by atoms with Crippen LogP contribution in [0.4, 0.5) is 0 Å². The van der Waals surface area contributed by atoms with Crippen LogP contribution in [0.2, 0.25) is 0 Å². The van der Waals surface area contributed by atoms with Gasteiger partial charge in [-0.1, -0.05) is 16.8 Å². The van der Waals surface area contributed by atoms with Gasteiger partial charge >= 0.3 is 0 Å². The Morgan fingerprint density at radius 3 is 3.15 bits per heavy atom. The molecule has 0 spiro atoms. The molecule has 0 atom stereocenters. The lowest BCUT2D eigenvalue weighted by atomic mass is 10.3. The minimum Gasteiger partial charge on any atom is -0.311 e. The van der Waals surface area contributed by atoms with Gasteiger partial charge in [-0.3, -0.25) is 4.68 Å². The number of rotatable bonds is 5. The van der Waals surface area contributed by atoms with E-state index in [2.05, 4.69) is 15.6 Å². The molecule has 5 heteroatoms. The standard InChI is InChI=1S/C8H13ClN4/c1-8(6-9)7-10-2-4-13-5-3-11-12-13/h3,5-6,10H,2,4,7H2,1H3/b8-6-. The fraction of sp³-hybridized carbons (Fsp3) is 0.500. The number of hydrogen-bond donors (Lipinski definition) is 1. The van der Waals surface area contributed by atoms with Crippen molar-refractivity contribution < 1.29 is 0 Å². The Hall–Kier alpha value is -0.870. The maximum absolute atomic E-state index is 5.50. The molecule has 1 rings (SSSR count). The molecule has 1 aromatic heterocycles. The molecule has 0 amide bonds. The molecule has 13 heavy (non-hydrogen) atoms. The van der Waals surface area contributed by atoms with Gasteiger partial charge in [-0.15, -0.1) is 5.10 Å². The number of aromatic nitrogens is 3. The molecule has 0 aliphatic rings. The minimum atomic E-state index is 0.818. The molecule has 0 radical (unpaired) electrons. The molecule has 1 heterocycles. The summed E-state index contributed by atoms with van der Waals surface area (Å²) in [6, 6.07) is 0. The van der Waals surface area contributed by atoms with Crippen LogP contribution in [0, 0.1) is 0 Å². The zero-order valence-corrected chi connectivity index (χ0v) is 8.33. The van der Waals surface area contributed by atoms with Gasteiger partial charge in [0.05, 0.1) is 12.7 Å². The Kier molecular flexibility index (Phi) is 4.49. The molecule has 0 saturated heterocycles. The molecule has 0 saturated carbocycles. The van der Waals surface area contributed by atoms with Gasteiger partial charge < -0.3 is 5.32 Å². The van der Waals surface area contributed by atoms with E-state index in [9.17, 15) is 0 Å².